The van der Waals surface area contributed by atoms with Crippen molar-refractivity contribution in [3.05, 3.63) is 70.7 Å². The molecule has 4 rings (SSSR count). The van der Waals surface area contributed by atoms with Crippen LogP contribution in [0.25, 0.3) is 0 Å². The van der Waals surface area contributed by atoms with E-state index >= 15 is 0 Å². The van der Waals surface area contributed by atoms with Crippen LogP contribution in [-0.2, 0) is 24.3 Å². The largest absolute Gasteiger partial charge is 0.497 e. The van der Waals surface area contributed by atoms with Gasteiger partial charge in [-0.15, -0.1) is 11.3 Å². The van der Waals surface area contributed by atoms with Crippen molar-refractivity contribution in [1.29, 1.82) is 0 Å². The second kappa shape index (κ2) is 9.07. The van der Waals surface area contributed by atoms with Gasteiger partial charge < -0.3 is 9.47 Å². The molecule has 1 aromatic heterocycles. The molecule has 3 aromatic rings. The zero-order valence-electron chi connectivity index (χ0n) is 16.3. The maximum Gasteiger partial charge on any atom is 0.264 e. The summed E-state index contributed by atoms with van der Waals surface area (Å²) in [5.74, 6) is 1.15. The van der Waals surface area contributed by atoms with Crippen molar-refractivity contribution in [3.63, 3.8) is 0 Å². The van der Waals surface area contributed by atoms with Gasteiger partial charge >= 0.3 is 0 Å². The van der Waals surface area contributed by atoms with E-state index in [1.165, 1.54) is 10.4 Å². The predicted molar refractivity (Wildman–Crippen MR) is 113 cm³/mol. The second-order valence-corrected chi connectivity index (χ2v) is 7.93. The number of benzene rings is 2. The summed E-state index contributed by atoms with van der Waals surface area (Å²) < 4.78 is 10.6. The number of carbonyl (C=O) groups is 1. The first-order chi connectivity index (χ1) is 14.2. The molecule has 2 heterocycles. The van der Waals surface area contributed by atoms with Crippen molar-refractivity contribution in [2.45, 2.75) is 19.5 Å². The van der Waals surface area contributed by atoms with Crippen LogP contribution in [0.1, 0.15) is 16.1 Å². The van der Waals surface area contributed by atoms with Crippen LogP contribution in [0, 0.1) is 0 Å². The molecule has 29 heavy (non-hydrogen) atoms. The first kappa shape index (κ1) is 19.4. The molecular weight excluding hydrogens is 386 g/mol. The number of hydrogen-bond donors (Lipinski definition) is 1. The standard InChI is InChI=1S/C22H23N3O3S/c1-27-17-7-9-18(10-8-17)28-15-21(26)24-22-23-19-11-12-25(14-20(19)29-22)13-16-5-3-2-4-6-16/h2-10H,11-15H2,1H3,(H,23,24,26). The molecule has 1 aliphatic rings. The Morgan fingerprint density at radius 1 is 1.14 bits per heavy atom. The molecule has 6 nitrogen and oxygen atoms in total. The number of nitrogens with one attached hydrogen (secondary N) is 1. The van der Waals surface area contributed by atoms with Crippen molar-refractivity contribution in [2.75, 3.05) is 25.6 Å². The molecule has 0 unspecified atom stereocenters. The lowest BCUT2D eigenvalue weighted by Gasteiger charge is -2.25. The number of ether oxygens (including phenoxy) is 2. The molecule has 0 saturated heterocycles. The molecule has 150 valence electrons. The van der Waals surface area contributed by atoms with Gasteiger partial charge in [-0.2, -0.15) is 0 Å². The Bertz CT molecular complexity index is 957. The van der Waals surface area contributed by atoms with Crippen molar-refractivity contribution >= 4 is 22.4 Å². The van der Waals surface area contributed by atoms with Crippen LogP contribution < -0.4 is 14.8 Å². The molecule has 0 bridgehead atoms. The molecule has 0 aliphatic carbocycles. The number of hydrogen-bond acceptors (Lipinski definition) is 6. The van der Waals surface area contributed by atoms with Gasteiger partial charge in [-0.1, -0.05) is 30.3 Å². The Balaban J connectivity index is 1.30. The topological polar surface area (TPSA) is 63.7 Å². The quantitative estimate of drug-likeness (QED) is 0.644. The average Bonchev–Trinajstić information content (AvgIpc) is 3.15. The summed E-state index contributed by atoms with van der Waals surface area (Å²) in [5, 5.41) is 3.50. The Hall–Kier alpha value is -2.90. The molecule has 1 amide bonds. The van der Waals surface area contributed by atoms with Crippen molar-refractivity contribution in [1.82, 2.24) is 9.88 Å². The van der Waals surface area contributed by atoms with E-state index in [0.717, 1.165) is 37.5 Å². The molecule has 0 atom stereocenters. The number of nitrogens with zero attached hydrogens (tertiary/aromatic N) is 2. The van der Waals surface area contributed by atoms with E-state index < -0.39 is 0 Å². The van der Waals surface area contributed by atoms with E-state index in [1.54, 1.807) is 42.7 Å². The minimum Gasteiger partial charge on any atom is -0.497 e. The Morgan fingerprint density at radius 2 is 1.90 bits per heavy atom. The smallest absolute Gasteiger partial charge is 0.264 e. The van der Waals surface area contributed by atoms with Crippen LogP contribution in [-0.4, -0.2) is 36.1 Å². The highest BCUT2D eigenvalue weighted by Crippen LogP contribution is 2.29. The molecule has 0 fully saturated rings. The van der Waals surface area contributed by atoms with E-state index in [9.17, 15) is 4.79 Å². The van der Waals surface area contributed by atoms with Crippen LogP contribution >= 0.6 is 11.3 Å². The molecular formula is C22H23N3O3S. The summed E-state index contributed by atoms with van der Waals surface area (Å²) in [6, 6.07) is 17.6. The predicted octanol–water partition coefficient (Wildman–Crippen LogP) is 3.73. The van der Waals surface area contributed by atoms with Crippen LogP contribution in [0.15, 0.2) is 54.6 Å². The molecule has 0 radical (unpaired) electrons. The Kier molecular flexibility index (Phi) is 6.07. The fourth-order valence-corrected chi connectivity index (χ4v) is 4.32. The highest BCUT2D eigenvalue weighted by molar-refractivity contribution is 7.15. The highest BCUT2D eigenvalue weighted by Gasteiger charge is 2.21. The van der Waals surface area contributed by atoms with Crippen LogP contribution in [0.2, 0.25) is 0 Å². The van der Waals surface area contributed by atoms with Gasteiger partial charge in [-0.05, 0) is 29.8 Å². The third-order valence-corrected chi connectivity index (χ3v) is 5.73. The molecule has 1 N–H and O–H groups in total. The third kappa shape index (κ3) is 5.13. The van der Waals surface area contributed by atoms with E-state index in [4.69, 9.17) is 9.47 Å². The van der Waals surface area contributed by atoms with Gasteiger partial charge in [0.15, 0.2) is 11.7 Å². The van der Waals surface area contributed by atoms with Gasteiger partial charge in [0.05, 0.1) is 12.8 Å². The van der Waals surface area contributed by atoms with Gasteiger partial charge in [0.1, 0.15) is 11.5 Å². The van der Waals surface area contributed by atoms with Crippen LogP contribution in [0.5, 0.6) is 11.5 Å². The fourth-order valence-electron chi connectivity index (χ4n) is 3.25. The lowest BCUT2D eigenvalue weighted by Crippen LogP contribution is -2.29. The number of anilines is 1. The van der Waals surface area contributed by atoms with E-state index in [-0.39, 0.29) is 12.5 Å². The lowest BCUT2D eigenvalue weighted by atomic mass is 10.1. The molecule has 7 heteroatoms. The molecule has 2 aromatic carbocycles. The van der Waals surface area contributed by atoms with E-state index in [2.05, 4.69) is 39.5 Å². The average molecular weight is 410 g/mol. The van der Waals surface area contributed by atoms with Crippen molar-refractivity contribution in [2.24, 2.45) is 0 Å². The van der Waals surface area contributed by atoms with Crippen molar-refractivity contribution in [3.8, 4) is 11.5 Å². The maximum absolute atomic E-state index is 12.2. The number of methoxy groups -OCH3 is 1. The van der Waals surface area contributed by atoms with Gasteiger partial charge in [-0.25, -0.2) is 4.98 Å². The number of carbonyl (C=O) groups excluding carboxylic acids is 1. The molecule has 0 saturated carbocycles. The number of thiazole rings is 1. The van der Waals surface area contributed by atoms with Gasteiger partial charge in [0.2, 0.25) is 0 Å². The zero-order chi connectivity index (χ0) is 20.1. The second-order valence-electron chi connectivity index (χ2n) is 6.85. The summed E-state index contributed by atoms with van der Waals surface area (Å²) >= 11 is 1.55. The summed E-state index contributed by atoms with van der Waals surface area (Å²) in [6.45, 7) is 2.70. The number of fused-ring (bicyclic) bond motifs is 1. The summed E-state index contributed by atoms with van der Waals surface area (Å²) in [7, 11) is 1.61. The van der Waals surface area contributed by atoms with Gasteiger partial charge in [0, 0.05) is 30.9 Å². The lowest BCUT2D eigenvalue weighted by molar-refractivity contribution is -0.118. The Morgan fingerprint density at radius 3 is 2.66 bits per heavy atom. The summed E-state index contributed by atoms with van der Waals surface area (Å²) in [6.07, 6.45) is 0.900. The van der Waals surface area contributed by atoms with Gasteiger partial charge in [-0.3, -0.25) is 15.0 Å². The number of rotatable bonds is 7. The Labute approximate surface area is 174 Å². The summed E-state index contributed by atoms with van der Waals surface area (Å²) in [4.78, 5) is 20.5. The number of amides is 1. The minimum atomic E-state index is -0.215. The fraction of sp³-hybridized carbons (Fsp3) is 0.273. The highest BCUT2D eigenvalue weighted by atomic mass is 32.1. The van der Waals surface area contributed by atoms with E-state index in [1.807, 2.05) is 6.07 Å². The third-order valence-electron chi connectivity index (χ3n) is 4.74. The van der Waals surface area contributed by atoms with Gasteiger partial charge in [0.25, 0.3) is 5.91 Å². The zero-order valence-corrected chi connectivity index (χ0v) is 17.1. The SMILES string of the molecule is COc1ccc(OCC(=O)Nc2nc3c(s2)CN(Cc2ccccc2)CC3)cc1. The van der Waals surface area contributed by atoms with Crippen LogP contribution in [0.4, 0.5) is 5.13 Å². The maximum atomic E-state index is 12.2. The monoisotopic (exact) mass is 409 g/mol. The van der Waals surface area contributed by atoms with Crippen LogP contribution in [0.3, 0.4) is 0 Å². The van der Waals surface area contributed by atoms with Crippen molar-refractivity contribution < 1.29 is 14.3 Å². The minimum absolute atomic E-state index is 0.0588. The summed E-state index contributed by atoms with van der Waals surface area (Å²) in [5.41, 5.74) is 2.40. The first-order valence-electron chi connectivity index (χ1n) is 9.51. The molecule has 0 spiro atoms. The molecule has 1 aliphatic heterocycles. The number of aromatic nitrogens is 1. The van der Waals surface area contributed by atoms with E-state index in [0.29, 0.717) is 10.9 Å². The normalized spacial score (nSPS) is 13.6. The first-order valence-corrected chi connectivity index (χ1v) is 10.3.